The van der Waals surface area contributed by atoms with E-state index in [0.29, 0.717) is 32.9 Å². The normalized spacial score (nSPS) is 10.2. The van der Waals surface area contributed by atoms with Crippen LogP contribution in [0.2, 0.25) is 10.0 Å². The van der Waals surface area contributed by atoms with Crippen molar-refractivity contribution in [3.63, 3.8) is 0 Å². The third-order valence-electron chi connectivity index (χ3n) is 3.60. The molecule has 3 rings (SSSR count). The van der Waals surface area contributed by atoms with E-state index in [9.17, 15) is 9.59 Å². The van der Waals surface area contributed by atoms with Gasteiger partial charge in [0.1, 0.15) is 11.6 Å². The minimum Gasteiger partial charge on any atom is -0.482 e. The van der Waals surface area contributed by atoms with Crippen LogP contribution in [0, 0.1) is 0 Å². The average molecular weight is 416 g/mol. The van der Waals surface area contributed by atoms with Crippen LogP contribution in [0.25, 0.3) is 0 Å². The number of hydrogen-bond acceptors (Lipinski definition) is 4. The predicted octanol–water partition coefficient (Wildman–Crippen LogP) is 4.66. The van der Waals surface area contributed by atoms with Crippen LogP contribution in [-0.2, 0) is 4.79 Å². The van der Waals surface area contributed by atoms with Gasteiger partial charge in [0.25, 0.3) is 11.8 Å². The number of hydrogen-bond donors (Lipinski definition) is 2. The number of carbonyl (C=O) groups excluding carboxylic acids is 2. The van der Waals surface area contributed by atoms with Gasteiger partial charge in [0, 0.05) is 11.2 Å². The van der Waals surface area contributed by atoms with Crippen LogP contribution in [0.5, 0.6) is 5.75 Å². The third kappa shape index (κ3) is 5.22. The van der Waals surface area contributed by atoms with Gasteiger partial charge in [0.2, 0.25) is 0 Å². The largest absolute Gasteiger partial charge is 0.482 e. The summed E-state index contributed by atoms with van der Waals surface area (Å²) in [4.78, 5) is 28.8. The molecule has 2 amide bonds. The van der Waals surface area contributed by atoms with Crippen molar-refractivity contribution < 1.29 is 14.3 Å². The van der Waals surface area contributed by atoms with Crippen molar-refractivity contribution in [2.75, 3.05) is 17.2 Å². The maximum atomic E-state index is 12.5. The standard InChI is InChI=1S/C20H15Cl2N3O3/c21-13-8-9-17(15(22)11-13)28-12-19(26)24-16-6-2-1-5-14(16)20(27)25-18-7-3-4-10-23-18/h1-11H,12H2,(H,24,26)(H,23,25,27). The molecule has 6 nitrogen and oxygen atoms in total. The molecule has 0 unspecified atom stereocenters. The zero-order valence-electron chi connectivity index (χ0n) is 14.5. The van der Waals surface area contributed by atoms with E-state index in [4.69, 9.17) is 27.9 Å². The Morgan fingerprint density at radius 1 is 0.964 bits per heavy atom. The van der Waals surface area contributed by atoms with Crippen molar-refractivity contribution in [2.24, 2.45) is 0 Å². The summed E-state index contributed by atoms with van der Waals surface area (Å²) in [7, 11) is 0. The van der Waals surface area contributed by atoms with Gasteiger partial charge in [0.15, 0.2) is 6.61 Å². The van der Waals surface area contributed by atoms with Crippen LogP contribution < -0.4 is 15.4 Å². The lowest BCUT2D eigenvalue weighted by atomic mass is 10.1. The van der Waals surface area contributed by atoms with E-state index in [2.05, 4.69) is 15.6 Å². The Morgan fingerprint density at radius 2 is 1.75 bits per heavy atom. The first kappa shape index (κ1) is 19.7. The van der Waals surface area contributed by atoms with E-state index >= 15 is 0 Å². The van der Waals surface area contributed by atoms with Gasteiger partial charge in [0.05, 0.1) is 16.3 Å². The molecule has 0 aliphatic rings. The fourth-order valence-corrected chi connectivity index (χ4v) is 2.80. The number of anilines is 2. The number of halogens is 2. The van der Waals surface area contributed by atoms with Crippen molar-refractivity contribution in [2.45, 2.75) is 0 Å². The Labute approximate surface area is 171 Å². The molecule has 8 heteroatoms. The monoisotopic (exact) mass is 415 g/mol. The summed E-state index contributed by atoms with van der Waals surface area (Å²) in [5, 5.41) is 6.11. The van der Waals surface area contributed by atoms with E-state index in [0.717, 1.165) is 0 Å². The molecule has 142 valence electrons. The molecule has 0 aliphatic heterocycles. The molecule has 0 saturated heterocycles. The van der Waals surface area contributed by atoms with Gasteiger partial charge in [-0.05, 0) is 42.5 Å². The van der Waals surface area contributed by atoms with Crippen LogP contribution in [0.3, 0.4) is 0 Å². The molecule has 0 saturated carbocycles. The van der Waals surface area contributed by atoms with Crippen molar-refractivity contribution in [3.05, 3.63) is 82.5 Å². The van der Waals surface area contributed by atoms with E-state index in [1.165, 1.54) is 6.07 Å². The summed E-state index contributed by atoms with van der Waals surface area (Å²) in [5.41, 5.74) is 0.651. The molecule has 1 heterocycles. The molecular weight excluding hydrogens is 401 g/mol. The number of benzene rings is 2. The summed E-state index contributed by atoms with van der Waals surface area (Å²) in [6, 6.07) is 16.5. The zero-order chi connectivity index (χ0) is 19.9. The Balaban J connectivity index is 1.65. The smallest absolute Gasteiger partial charge is 0.262 e. The predicted molar refractivity (Wildman–Crippen MR) is 109 cm³/mol. The molecule has 28 heavy (non-hydrogen) atoms. The molecule has 0 fully saturated rings. The quantitative estimate of drug-likeness (QED) is 0.613. The molecule has 0 radical (unpaired) electrons. The Morgan fingerprint density at radius 3 is 2.50 bits per heavy atom. The van der Waals surface area contributed by atoms with E-state index in [1.54, 1.807) is 60.8 Å². The number of para-hydroxylation sites is 1. The second-order valence-corrected chi connectivity index (χ2v) is 6.47. The molecule has 0 spiro atoms. The Hall–Kier alpha value is -3.09. The van der Waals surface area contributed by atoms with Crippen molar-refractivity contribution in [1.82, 2.24) is 4.98 Å². The summed E-state index contributed by atoms with van der Waals surface area (Å²) in [6.07, 6.45) is 1.57. The van der Waals surface area contributed by atoms with E-state index in [1.807, 2.05) is 0 Å². The zero-order valence-corrected chi connectivity index (χ0v) is 16.0. The summed E-state index contributed by atoms with van der Waals surface area (Å²) in [6.45, 7) is -0.280. The summed E-state index contributed by atoms with van der Waals surface area (Å²) >= 11 is 11.8. The molecule has 0 atom stereocenters. The molecule has 1 aromatic heterocycles. The lowest BCUT2D eigenvalue weighted by Gasteiger charge is -2.12. The number of aromatic nitrogens is 1. The summed E-state index contributed by atoms with van der Waals surface area (Å²) < 4.78 is 5.41. The van der Waals surface area contributed by atoms with Crippen LogP contribution in [0.15, 0.2) is 66.9 Å². The van der Waals surface area contributed by atoms with Gasteiger partial charge in [-0.2, -0.15) is 0 Å². The van der Waals surface area contributed by atoms with E-state index in [-0.39, 0.29) is 6.61 Å². The Bertz CT molecular complexity index is 997. The number of carbonyl (C=O) groups is 2. The first-order valence-electron chi connectivity index (χ1n) is 8.22. The second kappa shape index (κ2) is 9.21. The lowest BCUT2D eigenvalue weighted by Crippen LogP contribution is -2.23. The lowest BCUT2D eigenvalue weighted by molar-refractivity contribution is -0.118. The minimum absolute atomic E-state index is 0.280. The fraction of sp³-hybridized carbons (Fsp3) is 0.0500. The van der Waals surface area contributed by atoms with Gasteiger partial charge in [-0.3, -0.25) is 9.59 Å². The third-order valence-corrected chi connectivity index (χ3v) is 4.14. The molecule has 0 aliphatic carbocycles. The molecule has 2 N–H and O–H groups in total. The highest BCUT2D eigenvalue weighted by Crippen LogP contribution is 2.27. The fourth-order valence-electron chi connectivity index (χ4n) is 2.33. The maximum absolute atomic E-state index is 12.5. The van der Waals surface area contributed by atoms with Crippen LogP contribution >= 0.6 is 23.2 Å². The highest BCUT2D eigenvalue weighted by Gasteiger charge is 2.14. The number of rotatable bonds is 6. The highest BCUT2D eigenvalue weighted by molar-refractivity contribution is 6.35. The number of pyridine rings is 1. The van der Waals surface area contributed by atoms with E-state index < -0.39 is 11.8 Å². The topological polar surface area (TPSA) is 80.3 Å². The molecule has 0 bridgehead atoms. The molecular formula is C20H15Cl2N3O3. The minimum atomic E-state index is -0.441. The summed E-state index contributed by atoms with van der Waals surface area (Å²) in [5.74, 6) is -0.0860. The SMILES string of the molecule is O=C(COc1ccc(Cl)cc1Cl)Nc1ccccc1C(=O)Nc1ccccn1. The number of nitrogens with one attached hydrogen (secondary N) is 2. The van der Waals surface area contributed by atoms with Crippen molar-refractivity contribution in [3.8, 4) is 5.75 Å². The molecule has 3 aromatic rings. The highest BCUT2D eigenvalue weighted by atomic mass is 35.5. The average Bonchev–Trinajstić information content (AvgIpc) is 2.68. The Kier molecular flexibility index (Phi) is 6.47. The molecule has 2 aromatic carbocycles. The van der Waals surface area contributed by atoms with Gasteiger partial charge in [-0.15, -0.1) is 0 Å². The first-order valence-corrected chi connectivity index (χ1v) is 8.97. The van der Waals surface area contributed by atoms with Crippen molar-refractivity contribution in [1.29, 1.82) is 0 Å². The number of nitrogens with zero attached hydrogens (tertiary/aromatic N) is 1. The van der Waals surface area contributed by atoms with Crippen LogP contribution in [-0.4, -0.2) is 23.4 Å². The number of amides is 2. The van der Waals surface area contributed by atoms with Gasteiger partial charge < -0.3 is 15.4 Å². The first-order chi connectivity index (χ1) is 13.5. The maximum Gasteiger partial charge on any atom is 0.262 e. The van der Waals surface area contributed by atoms with Crippen LogP contribution in [0.1, 0.15) is 10.4 Å². The van der Waals surface area contributed by atoms with Crippen LogP contribution in [0.4, 0.5) is 11.5 Å². The van der Waals surface area contributed by atoms with Crippen molar-refractivity contribution >= 4 is 46.5 Å². The number of ether oxygens (including phenoxy) is 1. The second-order valence-electron chi connectivity index (χ2n) is 5.63. The van der Waals surface area contributed by atoms with Gasteiger partial charge in [-0.25, -0.2) is 4.98 Å². The van der Waals surface area contributed by atoms with Gasteiger partial charge >= 0.3 is 0 Å². The van der Waals surface area contributed by atoms with Gasteiger partial charge in [-0.1, -0.05) is 41.4 Å².